The van der Waals surface area contributed by atoms with Crippen molar-refractivity contribution in [3.05, 3.63) is 41.0 Å². The van der Waals surface area contributed by atoms with Crippen LogP contribution in [0.5, 0.6) is 0 Å². The van der Waals surface area contributed by atoms with Crippen molar-refractivity contribution in [2.75, 3.05) is 11.9 Å². The van der Waals surface area contributed by atoms with Crippen molar-refractivity contribution in [3.8, 4) is 0 Å². The van der Waals surface area contributed by atoms with Crippen molar-refractivity contribution in [2.45, 2.75) is 47.1 Å². The quantitative estimate of drug-likeness (QED) is 0.760. The minimum absolute atomic E-state index is 0.799. The maximum atomic E-state index is 4.64. The molecule has 3 aromatic rings. The normalized spacial score (nSPS) is 11.3. The molecule has 3 rings (SSSR count). The Hall–Kier alpha value is -2.37. The van der Waals surface area contributed by atoms with Crippen LogP contribution in [0.4, 0.5) is 5.82 Å². The first-order valence-corrected chi connectivity index (χ1v) is 8.24. The number of hydrogen-bond donors (Lipinski definition) is 1. The van der Waals surface area contributed by atoms with E-state index in [0.717, 1.165) is 48.8 Å². The zero-order valence-electron chi connectivity index (χ0n) is 14.3. The molecule has 0 unspecified atom stereocenters. The molecule has 6 nitrogen and oxygen atoms in total. The van der Waals surface area contributed by atoms with E-state index in [1.807, 2.05) is 10.6 Å². The van der Waals surface area contributed by atoms with Crippen LogP contribution in [0.2, 0.25) is 0 Å². The molecule has 6 heteroatoms. The Bertz CT molecular complexity index is 814. The SMILES string of the molecule is CCc1cc(NCCn2nc(C)c(CC)c2C)n2nccc2n1. The van der Waals surface area contributed by atoms with Crippen LogP contribution in [0.3, 0.4) is 0 Å². The van der Waals surface area contributed by atoms with Crippen molar-refractivity contribution >= 4 is 11.5 Å². The fourth-order valence-electron chi connectivity index (χ4n) is 3.03. The topological polar surface area (TPSA) is 60.0 Å². The molecule has 0 atom stereocenters. The number of rotatable bonds is 6. The predicted octanol–water partition coefficient (Wildman–Crippen LogP) is 2.78. The molecule has 3 aromatic heterocycles. The lowest BCUT2D eigenvalue weighted by molar-refractivity contribution is 0.612. The Morgan fingerprint density at radius 3 is 2.70 bits per heavy atom. The zero-order chi connectivity index (χ0) is 16.4. The van der Waals surface area contributed by atoms with Gasteiger partial charge in [0.15, 0.2) is 5.65 Å². The minimum atomic E-state index is 0.799. The zero-order valence-corrected chi connectivity index (χ0v) is 14.3. The lowest BCUT2D eigenvalue weighted by atomic mass is 10.1. The number of hydrogen-bond acceptors (Lipinski definition) is 4. The molecule has 0 fully saturated rings. The second-order valence-electron chi connectivity index (χ2n) is 5.74. The van der Waals surface area contributed by atoms with Gasteiger partial charge >= 0.3 is 0 Å². The molecule has 0 saturated heterocycles. The summed E-state index contributed by atoms with van der Waals surface area (Å²) in [5.41, 5.74) is 5.71. The lowest BCUT2D eigenvalue weighted by Gasteiger charge is -2.11. The van der Waals surface area contributed by atoms with Gasteiger partial charge in [-0.25, -0.2) is 4.98 Å². The Morgan fingerprint density at radius 2 is 2.00 bits per heavy atom. The van der Waals surface area contributed by atoms with Gasteiger partial charge in [0.2, 0.25) is 0 Å². The second kappa shape index (κ2) is 6.40. The van der Waals surface area contributed by atoms with Gasteiger partial charge in [-0.3, -0.25) is 4.68 Å². The fraction of sp³-hybridized carbons (Fsp3) is 0.471. The van der Waals surface area contributed by atoms with E-state index in [1.54, 1.807) is 6.20 Å². The van der Waals surface area contributed by atoms with E-state index in [9.17, 15) is 0 Å². The van der Waals surface area contributed by atoms with Gasteiger partial charge in [-0.2, -0.15) is 14.7 Å². The van der Waals surface area contributed by atoms with Gasteiger partial charge in [-0.05, 0) is 32.3 Å². The summed E-state index contributed by atoms with van der Waals surface area (Å²) >= 11 is 0. The number of nitrogens with one attached hydrogen (secondary N) is 1. The molecule has 0 bridgehead atoms. The molecular formula is C17H24N6. The Kier molecular flexibility index (Phi) is 4.32. The molecule has 0 amide bonds. The number of aromatic nitrogens is 5. The molecule has 1 N–H and O–H groups in total. The summed E-state index contributed by atoms with van der Waals surface area (Å²) in [6.07, 6.45) is 3.72. The van der Waals surface area contributed by atoms with Crippen LogP contribution in [0.25, 0.3) is 5.65 Å². The molecule has 122 valence electrons. The highest BCUT2D eigenvalue weighted by Crippen LogP contribution is 2.15. The molecule has 3 heterocycles. The molecular weight excluding hydrogens is 288 g/mol. The van der Waals surface area contributed by atoms with Crippen molar-refractivity contribution in [3.63, 3.8) is 0 Å². The lowest BCUT2D eigenvalue weighted by Crippen LogP contribution is -2.15. The average Bonchev–Trinajstić information content (AvgIpc) is 3.12. The van der Waals surface area contributed by atoms with Crippen molar-refractivity contribution in [2.24, 2.45) is 0 Å². The molecule has 0 radical (unpaired) electrons. The highest BCUT2D eigenvalue weighted by atomic mass is 15.3. The van der Waals surface area contributed by atoms with Gasteiger partial charge < -0.3 is 5.32 Å². The van der Waals surface area contributed by atoms with Crippen LogP contribution in [0.15, 0.2) is 18.3 Å². The monoisotopic (exact) mass is 312 g/mol. The van der Waals surface area contributed by atoms with E-state index in [-0.39, 0.29) is 0 Å². The first-order valence-electron chi connectivity index (χ1n) is 8.24. The molecule has 0 aliphatic heterocycles. The van der Waals surface area contributed by atoms with Crippen LogP contribution >= 0.6 is 0 Å². The van der Waals surface area contributed by atoms with Gasteiger partial charge in [0.25, 0.3) is 0 Å². The minimum Gasteiger partial charge on any atom is -0.368 e. The number of aryl methyl sites for hydroxylation is 2. The van der Waals surface area contributed by atoms with Crippen LogP contribution in [0, 0.1) is 13.8 Å². The summed E-state index contributed by atoms with van der Waals surface area (Å²) in [6.45, 7) is 10.1. The molecule has 0 aromatic carbocycles. The smallest absolute Gasteiger partial charge is 0.157 e. The third-order valence-corrected chi connectivity index (χ3v) is 4.29. The third kappa shape index (κ3) is 2.93. The first-order chi connectivity index (χ1) is 11.1. The molecule has 0 spiro atoms. The number of nitrogens with zero attached hydrogens (tertiary/aromatic N) is 5. The summed E-state index contributed by atoms with van der Waals surface area (Å²) < 4.78 is 3.93. The average molecular weight is 312 g/mol. The highest BCUT2D eigenvalue weighted by molar-refractivity contribution is 5.49. The Morgan fingerprint density at radius 1 is 1.17 bits per heavy atom. The molecule has 0 aliphatic rings. The summed E-state index contributed by atoms with van der Waals surface area (Å²) in [7, 11) is 0. The number of fused-ring (bicyclic) bond motifs is 1. The fourth-order valence-corrected chi connectivity index (χ4v) is 3.03. The molecule has 0 aliphatic carbocycles. The predicted molar refractivity (Wildman–Crippen MR) is 91.9 cm³/mol. The van der Waals surface area contributed by atoms with Crippen LogP contribution in [-0.2, 0) is 19.4 Å². The van der Waals surface area contributed by atoms with Gasteiger partial charge in [0.05, 0.1) is 18.4 Å². The van der Waals surface area contributed by atoms with Crippen LogP contribution in [-0.4, -0.2) is 30.9 Å². The highest BCUT2D eigenvalue weighted by Gasteiger charge is 2.10. The molecule has 0 saturated carbocycles. The number of anilines is 1. The van der Waals surface area contributed by atoms with Gasteiger partial charge in [-0.15, -0.1) is 0 Å². The maximum Gasteiger partial charge on any atom is 0.157 e. The Labute approximate surface area is 136 Å². The van der Waals surface area contributed by atoms with Gasteiger partial charge in [-0.1, -0.05) is 13.8 Å². The standard InChI is InChI=1S/C17H24N6/c1-5-14-11-17(23-16(20-14)7-8-19-23)18-9-10-22-13(4)15(6-2)12(3)21-22/h7-8,11,18H,5-6,9-10H2,1-4H3. The van der Waals surface area contributed by atoms with Gasteiger partial charge in [0, 0.05) is 30.1 Å². The van der Waals surface area contributed by atoms with E-state index in [0.29, 0.717) is 0 Å². The summed E-state index contributed by atoms with van der Waals surface area (Å²) in [4.78, 5) is 4.56. The third-order valence-electron chi connectivity index (χ3n) is 4.29. The summed E-state index contributed by atoms with van der Waals surface area (Å²) in [5, 5.41) is 12.4. The maximum absolute atomic E-state index is 4.64. The van der Waals surface area contributed by atoms with Crippen molar-refractivity contribution in [1.82, 2.24) is 24.4 Å². The van der Waals surface area contributed by atoms with E-state index in [4.69, 9.17) is 0 Å². The van der Waals surface area contributed by atoms with E-state index < -0.39 is 0 Å². The summed E-state index contributed by atoms with van der Waals surface area (Å²) in [6, 6.07) is 4.00. The molecule has 23 heavy (non-hydrogen) atoms. The van der Waals surface area contributed by atoms with E-state index in [2.05, 4.69) is 58.9 Å². The van der Waals surface area contributed by atoms with Crippen molar-refractivity contribution < 1.29 is 0 Å². The summed E-state index contributed by atoms with van der Waals surface area (Å²) in [5.74, 6) is 0.981. The van der Waals surface area contributed by atoms with Crippen LogP contribution in [0.1, 0.15) is 36.5 Å². The Balaban J connectivity index is 1.75. The van der Waals surface area contributed by atoms with Crippen LogP contribution < -0.4 is 5.32 Å². The second-order valence-corrected chi connectivity index (χ2v) is 5.74. The van der Waals surface area contributed by atoms with Gasteiger partial charge in [0.1, 0.15) is 5.82 Å². The largest absolute Gasteiger partial charge is 0.368 e. The first kappa shape index (κ1) is 15.5. The van der Waals surface area contributed by atoms with E-state index >= 15 is 0 Å². The van der Waals surface area contributed by atoms with E-state index in [1.165, 1.54) is 11.3 Å². The van der Waals surface area contributed by atoms with Crippen molar-refractivity contribution in [1.29, 1.82) is 0 Å².